The fourth-order valence-corrected chi connectivity index (χ4v) is 4.10. The summed E-state index contributed by atoms with van der Waals surface area (Å²) in [7, 11) is 1.38. The van der Waals surface area contributed by atoms with E-state index in [1.165, 1.54) is 18.9 Å². The van der Waals surface area contributed by atoms with Crippen LogP contribution in [-0.2, 0) is 10.5 Å². The van der Waals surface area contributed by atoms with Gasteiger partial charge in [-0.1, -0.05) is 48.2 Å². The SMILES string of the molecule is COC(=O)c1c(CSc2nnnn2-c2ccccc2C)nc2ccccc2c1C. The van der Waals surface area contributed by atoms with Crippen molar-refractivity contribution in [1.82, 2.24) is 25.2 Å². The minimum atomic E-state index is -0.394. The summed E-state index contributed by atoms with van der Waals surface area (Å²) in [5, 5.41) is 13.7. The molecule has 2 aromatic heterocycles. The number of esters is 1. The van der Waals surface area contributed by atoms with Gasteiger partial charge in [0.15, 0.2) is 0 Å². The molecule has 4 aromatic rings. The van der Waals surface area contributed by atoms with Crippen LogP contribution in [0.5, 0.6) is 0 Å². The average molecular weight is 405 g/mol. The maximum absolute atomic E-state index is 12.5. The number of aryl methyl sites for hydroxylation is 2. The molecular weight excluding hydrogens is 386 g/mol. The second-order valence-corrected chi connectivity index (χ2v) is 7.46. The highest BCUT2D eigenvalue weighted by atomic mass is 32.2. The largest absolute Gasteiger partial charge is 0.465 e. The number of carbonyl (C=O) groups is 1. The lowest BCUT2D eigenvalue weighted by atomic mass is 10.0. The molecule has 2 heterocycles. The number of ether oxygens (including phenoxy) is 1. The lowest BCUT2D eigenvalue weighted by molar-refractivity contribution is 0.0598. The van der Waals surface area contributed by atoms with Crippen LogP contribution in [0.15, 0.2) is 53.7 Å². The second kappa shape index (κ2) is 8.00. The molecule has 0 aliphatic heterocycles. The zero-order valence-corrected chi connectivity index (χ0v) is 17.1. The van der Waals surface area contributed by atoms with Crippen molar-refractivity contribution in [3.8, 4) is 5.69 Å². The number of para-hydroxylation sites is 2. The molecule has 146 valence electrons. The molecule has 0 atom stereocenters. The van der Waals surface area contributed by atoms with Crippen LogP contribution in [0.25, 0.3) is 16.6 Å². The number of tetrazole rings is 1. The number of fused-ring (bicyclic) bond motifs is 1. The van der Waals surface area contributed by atoms with Crippen molar-refractivity contribution in [2.75, 3.05) is 7.11 Å². The standard InChI is InChI=1S/C21H19N5O2S/c1-13-8-4-7-11-18(13)26-21(23-24-25-26)29-12-17-19(20(27)28-3)14(2)15-9-5-6-10-16(15)22-17/h4-11H,12H2,1-3H3. The van der Waals surface area contributed by atoms with E-state index in [0.717, 1.165) is 27.7 Å². The van der Waals surface area contributed by atoms with Crippen molar-refractivity contribution in [1.29, 1.82) is 0 Å². The van der Waals surface area contributed by atoms with Crippen LogP contribution < -0.4 is 0 Å². The van der Waals surface area contributed by atoms with Crippen LogP contribution in [0.2, 0.25) is 0 Å². The maximum Gasteiger partial charge on any atom is 0.340 e. The number of nitrogens with zero attached hydrogens (tertiary/aromatic N) is 5. The molecule has 29 heavy (non-hydrogen) atoms. The van der Waals surface area contributed by atoms with E-state index >= 15 is 0 Å². The van der Waals surface area contributed by atoms with Crippen LogP contribution >= 0.6 is 11.8 Å². The van der Waals surface area contributed by atoms with Crippen LogP contribution in [0.1, 0.15) is 27.2 Å². The van der Waals surface area contributed by atoms with E-state index in [4.69, 9.17) is 9.72 Å². The molecule has 0 aliphatic rings. The summed E-state index contributed by atoms with van der Waals surface area (Å²) in [6.45, 7) is 3.93. The Morgan fingerprint density at radius 2 is 1.86 bits per heavy atom. The Hall–Kier alpha value is -3.26. The zero-order valence-electron chi connectivity index (χ0n) is 16.3. The lowest BCUT2D eigenvalue weighted by Gasteiger charge is -2.13. The predicted octanol–water partition coefficient (Wildman–Crippen LogP) is 3.91. The van der Waals surface area contributed by atoms with E-state index < -0.39 is 5.97 Å². The minimum absolute atomic E-state index is 0.394. The molecular formula is C21H19N5O2S. The fraction of sp³-hybridized carbons (Fsp3) is 0.190. The van der Waals surface area contributed by atoms with Gasteiger partial charge in [-0.15, -0.1) is 5.10 Å². The second-order valence-electron chi connectivity index (χ2n) is 6.52. The molecule has 0 amide bonds. The van der Waals surface area contributed by atoms with E-state index in [1.807, 2.05) is 62.4 Å². The quantitative estimate of drug-likeness (QED) is 0.368. The number of pyridine rings is 1. The van der Waals surface area contributed by atoms with Crippen molar-refractivity contribution in [3.05, 3.63) is 70.9 Å². The summed E-state index contributed by atoms with van der Waals surface area (Å²) < 4.78 is 6.72. The molecule has 8 heteroatoms. The van der Waals surface area contributed by atoms with Gasteiger partial charge >= 0.3 is 5.97 Å². The first kappa shape index (κ1) is 19.1. The minimum Gasteiger partial charge on any atom is -0.465 e. The Bertz CT molecular complexity index is 1200. The molecule has 4 rings (SSSR count). The molecule has 7 nitrogen and oxygen atoms in total. The number of thioether (sulfide) groups is 1. The van der Waals surface area contributed by atoms with Crippen LogP contribution in [0.3, 0.4) is 0 Å². The predicted molar refractivity (Wildman–Crippen MR) is 111 cm³/mol. The number of rotatable bonds is 5. The first-order valence-electron chi connectivity index (χ1n) is 9.04. The van der Waals surface area contributed by atoms with Crippen molar-refractivity contribution < 1.29 is 9.53 Å². The van der Waals surface area contributed by atoms with Crippen molar-refractivity contribution in [2.24, 2.45) is 0 Å². The monoisotopic (exact) mass is 405 g/mol. The highest BCUT2D eigenvalue weighted by Crippen LogP contribution is 2.29. The molecule has 0 spiro atoms. The number of aromatic nitrogens is 5. The molecule has 0 bridgehead atoms. The first-order chi connectivity index (χ1) is 14.1. The van der Waals surface area contributed by atoms with Gasteiger partial charge in [-0.2, -0.15) is 4.68 Å². The summed E-state index contributed by atoms with van der Waals surface area (Å²) in [5.74, 6) is 0.0392. The Kier molecular flexibility index (Phi) is 5.26. The lowest BCUT2D eigenvalue weighted by Crippen LogP contribution is -2.11. The van der Waals surface area contributed by atoms with Crippen LogP contribution in [-0.4, -0.2) is 38.3 Å². The molecule has 0 fully saturated rings. The molecule has 0 saturated carbocycles. The van der Waals surface area contributed by atoms with Crippen LogP contribution in [0, 0.1) is 13.8 Å². The van der Waals surface area contributed by atoms with E-state index in [2.05, 4.69) is 15.5 Å². The summed E-state index contributed by atoms with van der Waals surface area (Å²) in [6.07, 6.45) is 0. The number of carbonyl (C=O) groups excluding carboxylic acids is 1. The normalized spacial score (nSPS) is 11.0. The van der Waals surface area contributed by atoms with Gasteiger partial charge in [0.05, 0.1) is 29.6 Å². The van der Waals surface area contributed by atoms with Gasteiger partial charge in [-0.05, 0) is 47.5 Å². The maximum atomic E-state index is 12.5. The molecule has 0 unspecified atom stereocenters. The fourth-order valence-electron chi connectivity index (χ4n) is 3.27. The summed E-state index contributed by atoms with van der Waals surface area (Å²) in [6, 6.07) is 15.7. The van der Waals surface area contributed by atoms with Gasteiger partial charge in [0.1, 0.15) is 0 Å². The zero-order chi connectivity index (χ0) is 20.4. The molecule has 0 saturated heterocycles. The third-order valence-corrected chi connectivity index (χ3v) is 5.67. The van der Waals surface area contributed by atoms with Crippen LogP contribution in [0.4, 0.5) is 0 Å². The van der Waals surface area contributed by atoms with E-state index in [-0.39, 0.29) is 0 Å². The van der Waals surface area contributed by atoms with Gasteiger partial charge in [0.25, 0.3) is 0 Å². The van der Waals surface area contributed by atoms with Gasteiger partial charge in [0, 0.05) is 11.1 Å². The first-order valence-corrected chi connectivity index (χ1v) is 10.0. The number of benzene rings is 2. The van der Waals surface area contributed by atoms with E-state index in [9.17, 15) is 4.79 Å². The Morgan fingerprint density at radius 3 is 2.66 bits per heavy atom. The van der Waals surface area contributed by atoms with Gasteiger partial charge in [0.2, 0.25) is 5.16 Å². The Balaban J connectivity index is 1.72. The third kappa shape index (κ3) is 3.58. The number of methoxy groups -OCH3 is 1. The number of hydrogen-bond donors (Lipinski definition) is 0. The highest BCUT2D eigenvalue weighted by Gasteiger charge is 2.20. The van der Waals surface area contributed by atoms with E-state index in [1.54, 1.807) is 4.68 Å². The highest BCUT2D eigenvalue weighted by molar-refractivity contribution is 7.98. The van der Waals surface area contributed by atoms with Gasteiger partial charge in [-0.25, -0.2) is 4.79 Å². The third-order valence-electron chi connectivity index (χ3n) is 4.74. The molecule has 0 aliphatic carbocycles. The van der Waals surface area contributed by atoms with Crippen molar-refractivity contribution in [3.63, 3.8) is 0 Å². The smallest absolute Gasteiger partial charge is 0.340 e. The van der Waals surface area contributed by atoms with Crippen molar-refractivity contribution >= 4 is 28.6 Å². The summed E-state index contributed by atoms with van der Waals surface area (Å²) >= 11 is 1.43. The summed E-state index contributed by atoms with van der Waals surface area (Å²) in [4.78, 5) is 17.2. The molecule has 0 radical (unpaired) electrons. The Labute approximate surface area is 172 Å². The number of hydrogen-bond acceptors (Lipinski definition) is 7. The molecule has 0 N–H and O–H groups in total. The Morgan fingerprint density at radius 1 is 1.10 bits per heavy atom. The van der Waals surface area contributed by atoms with Crippen molar-refractivity contribution in [2.45, 2.75) is 24.8 Å². The van der Waals surface area contributed by atoms with E-state index in [0.29, 0.717) is 22.2 Å². The average Bonchev–Trinajstić information content (AvgIpc) is 3.20. The van der Waals surface area contributed by atoms with Gasteiger partial charge in [-0.3, -0.25) is 4.98 Å². The topological polar surface area (TPSA) is 82.8 Å². The molecule has 2 aromatic carbocycles. The summed E-state index contributed by atoms with van der Waals surface area (Å²) in [5.41, 5.74) is 4.82. The van der Waals surface area contributed by atoms with Gasteiger partial charge < -0.3 is 4.74 Å².